The number of hydrogen-bond donors (Lipinski definition) is 1. The number of anilines is 1. The Balaban J connectivity index is 1.57. The second-order valence-electron chi connectivity index (χ2n) is 6.55. The lowest BCUT2D eigenvalue weighted by atomic mass is 10.1. The summed E-state index contributed by atoms with van der Waals surface area (Å²) in [5.41, 5.74) is 3.32. The van der Waals surface area contributed by atoms with E-state index < -0.39 is 12.0 Å². The van der Waals surface area contributed by atoms with E-state index in [9.17, 15) is 13.6 Å². The van der Waals surface area contributed by atoms with Crippen molar-refractivity contribution in [1.82, 2.24) is 25.0 Å². The van der Waals surface area contributed by atoms with Gasteiger partial charge in [0, 0.05) is 37.0 Å². The van der Waals surface area contributed by atoms with Gasteiger partial charge in [0.05, 0.1) is 36.7 Å². The summed E-state index contributed by atoms with van der Waals surface area (Å²) in [5.74, 6) is 0. The molecule has 0 unspecified atom stereocenters. The number of pyridine rings is 1. The molecule has 0 bridgehead atoms. The maximum atomic E-state index is 12.8. The highest BCUT2D eigenvalue weighted by Crippen LogP contribution is 2.28. The molecule has 3 aromatic rings. The van der Waals surface area contributed by atoms with Crippen LogP contribution in [0.5, 0.6) is 0 Å². The molecule has 0 amide bonds. The normalized spacial score (nSPS) is 13.8. The Bertz CT molecular complexity index is 1050. The number of H-pyrrole nitrogens is 1. The van der Waals surface area contributed by atoms with Crippen molar-refractivity contribution in [2.75, 3.05) is 11.4 Å². The van der Waals surface area contributed by atoms with E-state index in [0.717, 1.165) is 16.8 Å². The van der Waals surface area contributed by atoms with Gasteiger partial charge >= 0.3 is 0 Å². The smallest absolute Gasteiger partial charge is 0.285 e. The van der Waals surface area contributed by atoms with Gasteiger partial charge in [-0.1, -0.05) is 17.7 Å². The van der Waals surface area contributed by atoms with E-state index >= 15 is 0 Å². The molecule has 0 aromatic carbocycles. The summed E-state index contributed by atoms with van der Waals surface area (Å²) in [6.45, 7) is 1.57. The molecule has 0 spiro atoms. The predicted molar refractivity (Wildman–Crippen MR) is 99.9 cm³/mol. The minimum atomic E-state index is -2.44. The average Bonchev–Trinajstić information content (AvgIpc) is 3.07. The second-order valence-corrected chi connectivity index (χ2v) is 6.93. The largest absolute Gasteiger partial charge is 0.364 e. The lowest BCUT2D eigenvalue weighted by Crippen LogP contribution is -2.32. The molecule has 0 saturated carbocycles. The number of rotatable bonds is 5. The van der Waals surface area contributed by atoms with Gasteiger partial charge in [0.25, 0.3) is 5.56 Å². The van der Waals surface area contributed by atoms with E-state index in [1.807, 2.05) is 9.58 Å². The van der Waals surface area contributed by atoms with Crippen molar-refractivity contribution in [2.24, 2.45) is 0 Å². The third-order valence-electron chi connectivity index (χ3n) is 4.79. The van der Waals surface area contributed by atoms with Gasteiger partial charge in [0.15, 0.2) is 0 Å². The summed E-state index contributed by atoms with van der Waals surface area (Å²) in [7, 11) is 0. The Morgan fingerprint density at radius 3 is 3.00 bits per heavy atom. The van der Waals surface area contributed by atoms with Gasteiger partial charge in [-0.3, -0.25) is 14.5 Å². The third kappa shape index (κ3) is 3.62. The van der Waals surface area contributed by atoms with Crippen LogP contribution in [-0.2, 0) is 25.9 Å². The molecule has 28 heavy (non-hydrogen) atoms. The maximum Gasteiger partial charge on any atom is 0.285 e. The van der Waals surface area contributed by atoms with Crippen molar-refractivity contribution >= 4 is 17.3 Å². The topological polar surface area (TPSA) is 79.7 Å². The standard InChI is InChI=1S/C18H17ClF2N6O/c19-17-15(8-23-25-18(17)28)26-5-3-14-12(9-26)7-24-27(14)10-11-2-1-4-22-13(11)6-16(20)21/h1-2,4,7-8,16H,3,5-6,9-10H2,(H,25,28). The van der Waals surface area contributed by atoms with Gasteiger partial charge in [0.2, 0.25) is 6.43 Å². The van der Waals surface area contributed by atoms with Gasteiger partial charge in [-0.15, -0.1) is 0 Å². The number of nitrogens with zero attached hydrogens (tertiary/aromatic N) is 5. The van der Waals surface area contributed by atoms with Crippen molar-refractivity contribution in [1.29, 1.82) is 0 Å². The Morgan fingerprint density at radius 1 is 1.32 bits per heavy atom. The van der Waals surface area contributed by atoms with Crippen LogP contribution in [0.3, 0.4) is 0 Å². The summed E-state index contributed by atoms with van der Waals surface area (Å²) in [6.07, 6.45) is 2.69. The fraction of sp³-hybridized carbons (Fsp3) is 0.333. The van der Waals surface area contributed by atoms with Crippen LogP contribution in [0.25, 0.3) is 0 Å². The number of alkyl halides is 2. The summed E-state index contributed by atoms with van der Waals surface area (Å²) < 4.78 is 27.4. The van der Waals surface area contributed by atoms with Crippen LogP contribution < -0.4 is 10.5 Å². The molecule has 1 aliphatic heterocycles. The fourth-order valence-corrected chi connectivity index (χ4v) is 3.65. The minimum Gasteiger partial charge on any atom is -0.364 e. The van der Waals surface area contributed by atoms with Crippen molar-refractivity contribution in [3.05, 3.63) is 68.6 Å². The van der Waals surface area contributed by atoms with Gasteiger partial charge in [-0.25, -0.2) is 13.9 Å². The Kier molecular flexibility index (Phi) is 5.08. The Labute approximate surface area is 164 Å². The van der Waals surface area contributed by atoms with Crippen molar-refractivity contribution < 1.29 is 8.78 Å². The van der Waals surface area contributed by atoms with Crippen LogP contribution in [0.2, 0.25) is 5.02 Å². The molecular weight excluding hydrogens is 390 g/mol. The second kappa shape index (κ2) is 7.67. The fourth-order valence-electron chi connectivity index (χ4n) is 3.44. The number of halogens is 3. The zero-order valence-corrected chi connectivity index (χ0v) is 15.5. The molecule has 1 N–H and O–H groups in total. The van der Waals surface area contributed by atoms with Crippen LogP contribution in [0.1, 0.15) is 22.5 Å². The molecule has 0 atom stereocenters. The maximum absolute atomic E-state index is 12.8. The summed E-state index contributed by atoms with van der Waals surface area (Å²) >= 11 is 6.11. The monoisotopic (exact) mass is 406 g/mol. The number of nitrogens with one attached hydrogen (secondary N) is 1. The van der Waals surface area contributed by atoms with E-state index in [4.69, 9.17) is 11.6 Å². The van der Waals surface area contributed by atoms with E-state index in [2.05, 4.69) is 20.3 Å². The Morgan fingerprint density at radius 2 is 2.18 bits per heavy atom. The summed E-state index contributed by atoms with van der Waals surface area (Å²) in [4.78, 5) is 17.8. The van der Waals surface area contributed by atoms with E-state index in [1.54, 1.807) is 18.3 Å². The quantitative estimate of drug-likeness (QED) is 0.704. The highest BCUT2D eigenvalue weighted by molar-refractivity contribution is 6.32. The molecule has 10 heteroatoms. The first-order chi connectivity index (χ1) is 13.5. The number of hydrogen-bond acceptors (Lipinski definition) is 5. The molecular formula is C18H17ClF2N6O. The molecule has 1 aliphatic rings. The van der Waals surface area contributed by atoms with Crippen LogP contribution in [-0.4, -0.2) is 37.9 Å². The average molecular weight is 407 g/mol. The molecule has 3 aromatic heterocycles. The lowest BCUT2D eigenvalue weighted by Gasteiger charge is -2.29. The van der Waals surface area contributed by atoms with E-state index in [0.29, 0.717) is 37.4 Å². The van der Waals surface area contributed by atoms with E-state index in [-0.39, 0.29) is 11.4 Å². The minimum absolute atomic E-state index is 0.109. The molecule has 0 aliphatic carbocycles. The van der Waals surface area contributed by atoms with Gasteiger partial charge in [-0.2, -0.15) is 10.2 Å². The SMILES string of the molecule is O=c1[nH]ncc(N2CCc3c(cnn3Cc3cccnc3CC(F)F)C2)c1Cl. The zero-order valence-electron chi connectivity index (χ0n) is 14.8. The molecule has 4 heterocycles. The molecule has 0 radical (unpaired) electrons. The molecule has 7 nitrogen and oxygen atoms in total. The number of fused-ring (bicyclic) bond motifs is 1. The van der Waals surface area contributed by atoms with Gasteiger partial charge < -0.3 is 4.90 Å². The first-order valence-corrected chi connectivity index (χ1v) is 9.13. The highest BCUT2D eigenvalue weighted by Gasteiger charge is 2.23. The van der Waals surface area contributed by atoms with Crippen molar-refractivity contribution in [3.8, 4) is 0 Å². The third-order valence-corrected chi connectivity index (χ3v) is 5.15. The highest BCUT2D eigenvalue weighted by atomic mass is 35.5. The lowest BCUT2D eigenvalue weighted by molar-refractivity contribution is 0.147. The van der Waals surface area contributed by atoms with Crippen molar-refractivity contribution in [3.63, 3.8) is 0 Å². The van der Waals surface area contributed by atoms with Gasteiger partial charge in [-0.05, 0) is 11.6 Å². The van der Waals surface area contributed by atoms with E-state index in [1.165, 1.54) is 12.4 Å². The van der Waals surface area contributed by atoms with Crippen LogP contribution >= 0.6 is 11.6 Å². The van der Waals surface area contributed by atoms with Crippen LogP contribution in [0, 0.1) is 0 Å². The predicted octanol–water partition coefficient (Wildman–Crippen LogP) is 2.43. The summed E-state index contributed by atoms with van der Waals surface area (Å²) in [6, 6.07) is 3.54. The molecule has 0 saturated heterocycles. The number of aromatic nitrogens is 5. The Hall–Kier alpha value is -2.81. The van der Waals surface area contributed by atoms with Crippen LogP contribution in [0.4, 0.5) is 14.5 Å². The van der Waals surface area contributed by atoms with Crippen LogP contribution in [0.15, 0.2) is 35.5 Å². The van der Waals surface area contributed by atoms with Gasteiger partial charge in [0.1, 0.15) is 5.02 Å². The zero-order chi connectivity index (χ0) is 19.7. The molecule has 146 valence electrons. The molecule has 4 rings (SSSR count). The van der Waals surface area contributed by atoms with Crippen molar-refractivity contribution in [2.45, 2.75) is 32.4 Å². The number of aromatic amines is 1. The first kappa shape index (κ1) is 18.5. The molecule has 0 fully saturated rings. The summed E-state index contributed by atoms with van der Waals surface area (Å²) in [5, 5.41) is 10.7. The first-order valence-electron chi connectivity index (χ1n) is 8.75.